The molecule has 2 aromatic carbocycles. The van der Waals surface area contributed by atoms with Gasteiger partial charge in [0.15, 0.2) is 0 Å². The number of nitrogens with zero attached hydrogens (tertiary/aromatic N) is 1. The minimum atomic E-state index is -4.55. The van der Waals surface area contributed by atoms with Crippen LogP contribution in [0.1, 0.15) is 11.1 Å². The molecule has 0 heterocycles. The maximum atomic E-state index is 12.8. The van der Waals surface area contributed by atoms with Crippen LogP contribution in [0.3, 0.4) is 0 Å². The summed E-state index contributed by atoms with van der Waals surface area (Å²) in [6.07, 6.45) is -3.73. The van der Waals surface area contributed by atoms with Gasteiger partial charge in [-0.1, -0.05) is 34.1 Å². The van der Waals surface area contributed by atoms with E-state index in [1.807, 2.05) is 4.83 Å². The van der Waals surface area contributed by atoms with Gasteiger partial charge < -0.3 is 0 Å². The molecule has 0 saturated heterocycles. The van der Waals surface area contributed by atoms with E-state index in [1.165, 1.54) is 42.5 Å². The lowest BCUT2D eigenvalue weighted by molar-refractivity contribution is -0.137. The first-order chi connectivity index (χ1) is 10.7. The molecule has 0 amide bonds. The number of rotatable bonds is 4. The Balaban J connectivity index is 2.21. The molecule has 1 N–H and O–H groups in total. The summed E-state index contributed by atoms with van der Waals surface area (Å²) in [7, 11) is -3.95. The number of alkyl halides is 3. The zero-order valence-corrected chi connectivity index (χ0v) is 13.8. The molecule has 0 aliphatic rings. The van der Waals surface area contributed by atoms with E-state index in [2.05, 4.69) is 21.0 Å². The quantitative estimate of drug-likeness (QED) is 0.620. The van der Waals surface area contributed by atoms with Crippen LogP contribution in [0.15, 0.2) is 63.0 Å². The van der Waals surface area contributed by atoms with Gasteiger partial charge in [0.1, 0.15) is 0 Å². The molecule has 0 aromatic heterocycles. The lowest BCUT2D eigenvalue weighted by atomic mass is 10.1. The molecule has 0 unspecified atom stereocenters. The lowest BCUT2D eigenvalue weighted by Crippen LogP contribution is -2.18. The molecular formula is C14H10BrF3N2O2S. The number of hydrogen-bond acceptors (Lipinski definition) is 3. The first kappa shape index (κ1) is 17.5. The molecule has 4 nitrogen and oxygen atoms in total. The van der Waals surface area contributed by atoms with Gasteiger partial charge in [-0.25, -0.2) is 4.83 Å². The summed E-state index contributed by atoms with van der Waals surface area (Å²) in [5.41, 5.74) is -1.13. The molecule has 0 saturated carbocycles. The average Bonchev–Trinajstić information content (AvgIpc) is 2.47. The van der Waals surface area contributed by atoms with Crippen LogP contribution in [0.5, 0.6) is 0 Å². The zero-order chi connectivity index (χ0) is 17.1. The van der Waals surface area contributed by atoms with Crippen molar-refractivity contribution >= 4 is 32.2 Å². The molecule has 0 spiro atoms. The van der Waals surface area contributed by atoms with Gasteiger partial charge in [0.05, 0.1) is 16.7 Å². The van der Waals surface area contributed by atoms with Crippen LogP contribution in [0, 0.1) is 0 Å². The predicted octanol–water partition coefficient (Wildman–Crippen LogP) is 3.78. The molecule has 0 radical (unpaired) electrons. The molecule has 122 valence electrons. The van der Waals surface area contributed by atoms with E-state index in [-0.39, 0.29) is 10.5 Å². The van der Waals surface area contributed by atoms with E-state index in [0.717, 1.165) is 12.3 Å². The van der Waals surface area contributed by atoms with E-state index < -0.39 is 21.8 Å². The third kappa shape index (κ3) is 4.55. The molecule has 2 rings (SSSR count). The summed E-state index contributed by atoms with van der Waals surface area (Å²) in [4.78, 5) is 1.83. The number of hydrogen-bond donors (Lipinski definition) is 1. The smallest absolute Gasteiger partial charge is 0.200 e. The molecule has 9 heteroatoms. The van der Waals surface area contributed by atoms with Crippen LogP contribution in [0.25, 0.3) is 0 Å². The van der Waals surface area contributed by atoms with Crippen molar-refractivity contribution in [1.82, 2.24) is 4.83 Å². The number of sulfonamides is 1. The Kier molecular flexibility index (Phi) is 5.10. The van der Waals surface area contributed by atoms with E-state index in [4.69, 9.17) is 0 Å². The van der Waals surface area contributed by atoms with E-state index in [1.54, 1.807) is 0 Å². The maximum Gasteiger partial charge on any atom is 0.417 e. The van der Waals surface area contributed by atoms with Crippen LogP contribution >= 0.6 is 15.9 Å². The van der Waals surface area contributed by atoms with Crippen molar-refractivity contribution in [2.45, 2.75) is 11.1 Å². The summed E-state index contributed by atoms with van der Waals surface area (Å²) in [6.45, 7) is 0. The summed E-state index contributed by atoms with van der Waals surface area (Å²) >= 11 is 3.17. The topological polar surface area (TPSA) is 58.5 Å². The van der Waals surface area contributed by atoms with Crippen LogP contribution in [0.4, 0.5) is 13.2 Å². The SMILES string of the molecule is O=S(=O)(NN=Cc1ccccc1C(F)(F)F)c1ccc(Br)cc1. The number of benzene rings is 2. The first-order valence-electron chi connectivity index (χ1n) is 6.17. The summed E-state index contributed by atoms with van der Waals surface area (Å²) in [6, 6.07) is 10.5. The predicted molar refractivity (Wildman–Crippen MR) is 83.5 cm³/mol. The molecule has 0 fully saturated rings. The van der Waals surface area contributed by atoms with Gasteiger partial charge in [-0.2, -0.15) is 26.7 Å². The van der Waals surface area contributed by atoms with Gasteiger partial charge in [0.25, 0.3) is 10.0 Å². The molecule has 0 aliphatic heterocycles. The van der Waals surface area contributed by atoms with Crippen LogP contribution in [-0.2, 0) is 16.2 Å². The summed E-state index contributed by atoms with van der Waals surface area (Å²) < 4.78 is 63.0. The Labute approximate surface area is 139 Å². The Morgan fingerprint density at radius 2 is 1.65 bits per heavy atom. The Bertz CT molecular complexity index is 819. The summed E-state index contributed by atoms with van der Waals surface area (Å²) in [5, 5.41) is 3.41. The van der Waals surface area contributed by atoms with Crippen molar-refractivity contribution in [2.24, 2.45) is 5.10 Å². The van der Waals surface area contributed by atoms with Gasteiger partial charge >= 0.3 is 6.18 Å². The number of halogens is 4. The fourth-order valence-electron chi connectivity index (χ4n) is 1.70. The molecule has 2 aromatic rings. The second kappa shape index (κ2) is 6.71. The highest BCUT2D eigenvalue weighted by Crippen LogP contribution is 2.31. The van der Waals surface area contributed by atoms with E-state index in [0.29, 0.717) is 4.47 Å². The van der Waals surface area contributed by atoms with E-state index >= 15 is 0 Å². The minimum Gasteiger partial charge on any atom is -0.200 e. The third-order valence-corrected chi connectivity index (χ3v) is 4.53. The zero-order valence-electron chi connectivity index (χ0n) is 11.4. The second-order valence-electron chi connectivity index (χ2n) is 4.39. The van der Waals surface area contributed by atoms with Gasteiger partial charge in [-0.15, -0.1) is 0 Å². The largest absolute Gasteiger partial charge is 0.417 e. The van der Waals surface area contributed by atoms with Gasteiger partial charge in [-0.05, 0) is 30.3 Å². The monoisotopic (exact) mass is 406 g/mol. The fourth-order valence-corrected chi connectivity index (χ4v) is 2.76. The van der Waals surface area contributed by atoms with Crippen LogP contribution in [-0.4, -0.2) is 14.6 Å². The Hall–Kier alpha value is -1.87. The van der Waals surface area contributed by atoms with Crippen molar-refractivity contribution in [3.8, 4) is 0 Å². The van der Waals surface area contributed by atoms with Gasteiger partial charge in [0.2, 0.25) is 0 Å². The first-order valence-corrected chi connectivity index (χ1v) is 8.44. The van der Waals surface area contributed by atoms with Crippen molar-refractivity contribution in [3.63, 3.8) is 0 Å². The normalized spacial score (nSPS) is 12.5. The molecule has 0 bridgehead atoms. The average molecular weight is 407 g/mol. The van der Waals surface area contributed by atoms with Crippen molar-refractivity contribution < 1.29 is 21.6 Å². The molecular weight excluding hydrogens is 397 g/mol. The molecule has 23 heavy (non-hydrogen) atoms. The van der Waals surface area contributed by atoms with E-state index in [9.17, 15) is 21.6 Å². The Morgan fingerprint density at radius 3 is 2.26 bits per heavy atom. The number of nitrogens with one attached hydrogen (secondary N) is 1. The third-order valence-electron chi connectivity index (χ3n) is 2.77. The fraction of sp³-hybridized carbons (Fsp3) is 0.0714. The van der Waals surface area contributed by atoms with Crippen LogP contribution in [0.2, 0.25) is 0 Å². The minimum absolute atomic E-state index is 0.0537. The summed E-state index contributed by atoms with van der Waals surface area (Å²) in [5.74, 6) is 0. The number of hydrazone groups is 1. The standard InChI is InChI=1S/C14H10BrF3N2O2S/c15-11-5-7-12(8-6-11)23(21,22)20-19-9-10-3-1-2-4-13(10)14(16,17)18/h1-9,20H. The highest BCUT2D eigenvalue weighted by Gasteiger charge is 2.32. The highest BCUT2D eigenvalue weighted by atomic mass is 79.9. The van der Waals surface area contributed by atoms with Crippen LogP contribution < -0.4 is 4.83 Å². The Morgan fingerprint density at radius 1 is 1.04 bits per heavy atom. The lowest BCUT2D eigenvalue weighted by Gasteiger charge is -2.09. The highest BCUT2D eigenvalue weighted by molar-refractivity contribution is 9.10. The van der Waals surface area contributed by atoms with Crippen molar-refractivity contribution in [2.75, 3.05) is 0 Å². The van der Waals surface area contributed by atoms with Crippen molar-refractivity contribution in [3.05, 3.63) is 64.1 Å². The second-order valence-corrected chi connectivity index (χ2v) is 6.97. The van der Waals surface area contributed by atoms with Gasteiger partial charge in [-0.3, -0.25) is 0 Å². The maximum absolute atomic E-state index is 12.8. The van der Waals surface area contributed by atoms with Gasteiger partial charge in [0, 0.05) is 10.0 Å². The molecule has 0 atom stereocenters. The molecule has 0 aliphatic carbocycles. The van der Waals surface area contributed by atoms with Crippen molar-refractivity contribution in [1.29, 1.82) is 0 Å².